The third-order valence-corrected chi connectivity index (χ3v) is 13.5. The SMILES string of the molecule is CCCC/C=C\CCCCCCCC(=O)OCCCCCCCCC/C=C\CCCCCCCC(=O)NC(COC1OC(CO)C(O)C(O)C1O)C(O)/C=C/CCCCCCCCCCCCCC. The zero-order valence-electron chi connectivity index (χ0n) is 44.3. The fourth-order valence-electron chi connectivity index (χ4n) is 8.82. The summed E-state index contributed by atoms with van der Waals surface area (Å²) in [4.78, 5) is 25.0. The maximum absolute atomic E-state index is 13.0. The highest BCUT2D eigenvalue weighted by molar-refractivity contribution is 5.76. The number of allylic oxidation sites excluding steroid dienone is 5. The van der Waals surface area contributed by atoms with Gasteiger partial charge in [-0.05, 0) is 77.0 Å². The van der Waals surface area contributed by atoms with Crippen LogP contribution in [0.15, 0.2) is 36.5 Å². The summed E-state index contributed by atoms with van der Waals surface area (Å²) in [7, 11) is 0. The van der Waals surface area contributed by atoms with Gasteiger partial charge in [0.2, 0.25) is 5.91 Å². The summed E-state index contributed by atoms with van der Waals surface area (Å²) in [6.45, 7) is 4.27. The predicted octanol–water partition coefficient (Wildman–Crippen LogP) is 12.7. The molecule has 404 valence electrons. The Hall–Kier alpha value is -2.12. The summed E-state index contributed by atoms with van der Waals surface area (Å²) in [6, 6.07) is -0.822. The number of carbonyl (C=O) groups is 2. The molecule has 6 N–H and O–H groups in total. The highest BCUT2D eigenvalue weighted by Gasteiger charge is 2.44. The number of aliphatic hydroxyl groups excluding tert-OH is 5. The van der Waals surface area contributed by atoms with Crippen LogP contribution in [0.3, 0.4) is 0 Å². The molecule has 0 radical (unpaired) electrons. The molecule has 11 heteroatoms. The molecule has 0 aromatic heterocycles. The van der Waals surface area contributed by atoms with Crippen LogP contribution in [0.1, 0.15) is 258 Å². The van der Waals surface area contributed by atoms with Crippen LogP contribution in [0.4, 0.5) is 0 Å². The van der Waals surface area contributed by atoms with Crippen molar-refractivity contribution < 1.29 is 49.3 Å². The lowest BCUT2D eigenvalue weighted by molar-refractivity contribution is -0.302. The van der Waals surface area contributed by atoms with Crippen molar-refractivity contribution >= 4 is 11.9 Å². The fourth-order valence-corrected chi connectivity index (χ4v) is 8.82. The zero-order chi connectivity index (χ0) is 50.3. The average molecular weight is 978 g/mol. The third-order valence-electron chi connectivity index (χ3n) is 13.5. The van der Waals surface area contributed by atoms with Crippen LogP contribution >= 0.6 is 0 Å². The second-order valence-electron chi connectivity index (χ2n) is 20.0. The molecule has 0 aliphatic carbocycles. The summed E-state index contributed by atoms with van der Waals surface area (Å²) < 4.78 is 16.7. The molecule has 0 spiro atoms. The standard InChI is InChI=1S/C58H107NO10/c1-3-5-7-9-11-13-15-16-21-25-28-32-36-40-44-51(61)50(49-68-58-57(66)56(65)55(64)52(48-60)69-58)59-53(62)45-41-37-33-29-26-22-19-17-18-20-23-27-31-35-39-43-47-67-54(63)46-42-38-34-30-24-14-12-10-8-6-4-2/h10,12,17,19,40,44,50-52,55-58,60-61,64-66H,3-9,11,13-16,18,20-39,41-43,45-49H2,1-2H3,(H,59,62)/b12-10-,19-17-,44-40+. The molecular weight excluding hydrogens is 871 g/mol. The molecule has 1 rings (SSSR count). The highest BCUT2D eigenvalue weighted by atomic mass is 16.7. The van der Waals surface area contributed by atoms with Crippen molar-refractivity contribution in [2.24, 2.45) is 0 Å². The largest absolute Gasteiger partial charge is 0.466 e. The van der Waals surface area contributed by atoms with Crippen molar-refractivity contribution in [2.75, 3.05) is 19.8 Å². The van der Waals surface area contributed by atoms with Gasteiger partial charge in [-0.25, -0.2) is 0 Å². The van der Waals surface area contributed by atoms with Gasteiger partial charge in [0.1, 0.15) is 24.4 Å². The van der Waals surface area contributed by atoms with E-state index in [-0.39, 0.29) is 18.5 Å². The molecule has 0 aromatic carbocycles. The number of aliphatic hydroxyl groups is 5. The van der Waals surface area contributed by atoms with E-state index in [9.17, 15) is 35.1 Å². The second-order valence-corrected chi connectivity index (χ2v) is 20.0. The summed E-state index contributed by atoms with van der Waals surface area (Å²) in [5, 5.41) is 54.4. The van der Waals surface area contributed by atoms with Gasteiger partial charge in [0, 0.05) is 12.8 Å². The maximum Gasteiger partial charge on any atom is 0.305 e. The lowest BCUT2D eigenvalue weighted by Gasteiger charge is -2.40. The molecule has 0 bridgehead atoms. The topological polar surface area (TPSA) is 175 Å². The first-order valence-corrected chi connectivity index (χ1v) is 28.8. The maximum atomic E-state index is 13.0. The van der Waals surface area contributed by atoms with Gasteiger partial charge >= 0.3 is 5.97 Å². The molecule has 7 atom stereocenters. The molecule has 1 amide bonds. The summed E-state index contributed by atoms with van der Waals surface area (Å²) in [5.74, 6) is -0.231. The van der Waals surface area contributed by atoms with Crippen molar-refractivity contribution in [3.8, 4) is 0 Å². The normalized spacial score (nSPS) is 19.6. The molecule has 0 saturated carbocycles. The van der Waals surface area contributed by atoms with Crippen molar-refractivity contribution in [3.63, 3.8) is 0 Å². The molecule has 1 fully saturated rings. The molecule has 1 aliphatic rings. The number of nitrogens with one attached hydrogen (secondary N) is 1. The number of carbonyl (C=O) groups excluding carboxylic acids is 2. The van der Waals surface area contributed by atoms with Crippen LogP contribution in [0.5, 0.6) is 0 Å². The van der Waals surface area contributed by atoms with E-state index < -0.39 is 49.5 Å². The first kappa shape index (κ1) is 64.9. The molecule has 11 nitrogen and oxygen atoms in total. The van der Waals surface area contributed by atoms with Crippen LogP contribution in [0.2, 0.25) is 0 Å². The first-order valence-electron chi connectivity index (χ1n) is 28.8. The molecular formula is C58H107NO10. The van der Waals surface area contributed by atoms with Crippen LogP contribution in [-0.2, 0) is 23.8 Å². The Bertz CT molecular complexity index is 1240. The van der Waals surface area contributed by atoms with E-state index in [0.717, 1.165) is 89.9 Å². The van der Waals surface area contributed by atoms with Gasteiger partial charge in [0.25, 0.3) is 0 Å². The van der Waals surface area contributed by atoms with Crippen LogP contribution in [0, 0.1) is 0 Å². The molecule has 1 heterocycles. The highest BCUT2D eigenvalue weighted by Crippen LogP contribution is 2.23. The Labute approximate surface area is 422 Å². The second kappa shape index (κ2) is 48.2. The van der Waals surface area contributed by atoms with Crippen molar-refractivity contribution in [1.82, 2.24) is 5.32 Å². The van der Waals surface area contributed by atoms with Gasteiger partial charge in [-0.3, -0.25) is 9.59 Å². The Morgan fingerprint density at radius 1 is 0.522 bits per heavy atom. The van der Waals surface area contributed by atoms with E-state index in [1.54, 1.807) is 6.08 Å². The van der Waals surface area contributed by atoms with E-state index in [4.69, 9.17) is 14.2 Å². The molecule has 1 aliphatic heterocycles. The number of rotatable bonds is 49. The Morgan fingerprint density at radius 3 is 1.43 bits per heavy atom. The minimum Gasteiger partial charge on any atom is -0.466 e. The predicted molar refractivity (Wildman–Crippen MR) is 283 cm³/mol. The van der Waals surface area contributed by atoms with Gasteiger partial charge in [-0.15, -0.1) is 0 Å². The summed E-state index contributed by atoms with van der Waals surface area (Å²) in [5.41, 5.74) is 0. The van der Waals surface area contributed by atoms with Crippen LogP contribution in [0.25, 0.3) is 0 Å². The van der Waals surface area contributed by atoms with E-state index in [2.05, 4.69) is 43.5 Å². The molecule has 1 saturated heterocycles. The average Bonchev–Trinajstić information content (AvgIpc) is 3.34. The number of unbranched alkanes of at least 4 members (excludes halogenated alkanes) is 31. The van der Waals surface area contributed by atoms with Gasteiger partial charge in [-0.2, -0.15) is 0 Å². The van der Waals surface area contributed by atoms with E-state index in [1.807, 2.05) is 6.08 Å². The smallest absolute Gasteiger partial charge is 0.305 e. The van der Waals surface area contributed by atoms with Crippen molar-refractivity contribution in [2.45, 2.75) is 301 Å². The number of ether oxygens (including phenoxy) is 3. The number of hydrogen-bond donors (Lipinski definition) is 6. The summed E-state index contributed by atoms with van der Waals surface area (Å²) in [6.07, 6.45) is 47.9. The minimum absolute atomic E-state index is 0.0322. The Kier molecular flexibility index (Phi) is 45.3. The molecule has 7 unspecified atom stereocenters. The van der Waals surface area contributed by atoms with Gasteiger partial charge in [0.05, 0.1) is 32.0 Å². The third kappa shape index (κ3) is 38.2. The minimum atomic E-state index is -1.58. The van der Waals surface area contributed by atoms with Crippen LogP contribution < -0.4 is 5.32 Å². The summed E-state index contributed by atoms with van der Waals surface area (Å²) >= 11 is 0. The zero-order valence-corrected chi connectivity index (χ0v) is 44.3. The van der Waals surface area contributed by atoms with Crippen LogP contribution in [-0.4, -0.2) is 100 Å². The van der Waals surface area contributed by atoms with E-state index in [1.165, 1.54) is 141 Å². The Morgan fingerprint density at radius 2 is 0.942 bits per heavy atom. The quantitative estimate of drug-likeness (QED) is 0.0196. The molecule has 69 heavy (non-hydrogen) atoms. The van der Waals surface area contributed by atoms with Crippen molar-refractivity contribution in [1.29, 1.82) is 0 Å². The lowest BCUT2D eigenvalue weighted by Crippen LogP contribution is -2.60. The number of amides is 1. The lowest BCUT2D eigenvalue weighted by atomic mass is 9.99. The van der Waals surface area contributed by atoms with E-state index >= 15 is 0 Å². The number of esters is 1. The van der Waals surface area contributed by atoms with E-state index in [0.29, 0.717) is 19.4 Å². The monoisotopic (exact) mass is 978 g/mol. The molecule has 0 aromatic rings. The van der Waals surface area contributed by atoms with Crippen molar-refractivity contribution in [3.05, 3.63) is 36.5 Å². The van der Waals surface area contributed by atoms with Gasteiger partial charge in [-0.1, -0.05) is 204 Å². The Balaban J connectivity index is 2.17. The van der Waals surface area contributed by atoms with Gasteiger partial charge in [0.15, 0.2) is 6.29 Å². The fraction of sp³-hybridized carbons (Fsp3) is 0.862. The van der Waals surface area contributed by atoms with Gasteiger partial charge < -0.3 is 45.1 Å². The number of hydrogen-bond acceptors (Lipinski definition) is 10. The first-order chi connectivity index (χ1) is 33.7.